The van der Waals surface area contributed by atoms with Crippen molar-refractivity contribution in [2.24, 2.45) is 0 Å². The van der Waals surface area contributed by atoms with Gasteiger partial charge in [0.05, 0.1) is 6.26 Å². The van der Waals surface area contributed by atoms with Gasteiger partial charge in [-0.15, -0.1) is 0 Å². The van der Waals surface area contributed by atoms with Gasteiger partial charge in [0.2, 0.25) is 0 Å². The predicted molar refractivity (Wildman–Crippen MR) is 58.9 cm³/mol. The summed E-state index contributed by atoms with van der Waals surface area (Å²) in [5.74, 6) is 0. The molecule has 0 aliphatic carbocycles. The third kappa shape index (κ3) is 11.3. The van der Waals surface area contributed by atoms with Crippen LogP contribution in [0.25, 0.3) is 0 Å². The van der Waals surface area contributed by atoms with Crippen LogP contribution in [0.4, 0.5) is 0 Å². The monoisotopic (exact) mass is 182 g/mol. The number of aliphatic hydroxyl groups excluding tert-OH is 1. The van der Waals surface area contributed by atoms with E-state index in [9.17, 15) is 0 Å². The maximum Gasteiger partial charge on any atom is 0.0751 e. The highest BCUT2D eigenvalue weighted by atomic mass is 16.2. The third-order valence-electron chi connectivity index (χ3n) is 2.00. The van der Waals surface area contributed by atoms with Crippen molar-refractivity contribution in [1.29, 1.82) is 0 Å². The molecule has 0 aromatic carbocycles. The zero-order valence-corrected chi connectivity index (χ0v) is 8.71. The molecule has 0 saturated heterocycles. The molecule has 1 heteroatoms. The molecular formula is C12H22O. The minimum absolute atomic E-state index is 1.02. The first-order valence-electron chi connectivity index (χ1n) is 5.36. The average molecular weight is 182 g/mol. The predicted octanol–water partition coefficient (Wildman–Crippen LogP) is 4.36. The van der Waals surface area contributed by atoms with Crippen LogP contribution >= 0.6 is 0 Å². The van der Waals surface area contributed by atoms with Crippen LogP contribution in [0.2, 0.25) is 0 Å². The number of hydrogen-bond acceptors (Lipinski definition) is 1. The quantitative estimate of drug-likeness (QED) is 0.336. The van der Waals surface area contributed by atoms with Crippen LogP contribution in [-0.2, 0) is 0 Å². The molecule has 0 aromatic rings. The maximum atomic E-state index is 8.38. The van der Waals surface area contributed by atoms with Gasteiger partial charge >= 0.3 is 0 Å². The Hall–Kier alpha value is -0.720. The van der Waals surface area contributed by atoms with Gasteiger partial charge in [0.15, 0.2) is 0 Å². The Balaban J connectivity index is 2.95. The second kappa shape index (κ2) is 11.3. The summed E-state index contributed by atoms with van der Waals surface area (Å²) in [5.41, 5.74) is 0. The first-order chi connectivity index (χ1) is 6.41. The number of unbranched alkanes of at least 4 members (excludes halogenated alkanes) is 5. The standard InChI is InChI=1S/C12H22O/c1-2-3-4-5-6-7-8-9-10-11-12-13/h3-4,11-13H,2,5-10H2,1H3/b4-3?,12-11-. The lowest BCUT2D eigenvalue weighted by atomic mass is 10.1. The smallest absolute Gasteiger partial charge is 0.0751 e. The van der Waals surface area contributed by atoms with E-state index >= 15 is 0 Å². The molecule has 0 atom stereocenters. The van der Waals surface area contributed by atoms with Crippen LogP contribution in [0.1, 0.15) is 51.9 Å². The Labute approximate surface area is 82.2 Å². The molecule has 0 aliphatic heterocycles. The van der Waals surface area contributed by atoms with Gasteiger partial charge in [-0.25, -0.2) is 0 Å². The van der Waals surface area contributed by atoms with Crippen molar-refractivity contribution in [3.63, 3.8) is 0 Å². The van der Waals surface area contributed by atoms with Crippen molar-refractivity contribution in [2.75, 3.05) is 0 Å². The second-order valence-electron chi connectivity index (χ2n) is 3.26. The van der Waals surface area contributed by atoms with Crippen LogP contribution in [0.5, 0.6) is 0 Å². The Morgan fingerprint density at radius 3 is 2.00 bits per heavy atom. The molecule has 0 spiro atoms. The fraction of sp³-hybridized carbons (Fsp3) is 0.667. The summed E-state index contributed by atoms with van der Waals surface area (Å²) in [6.07, 6.45) is 16.0. The van der Waals surface area contributed by atoms with E-state index in [2.05, 4.69) is 19.1 Å². The molecular weight excluding hydrogens is 160 g/mol. The van der Waals surface area contributed by atoms with Crippen molar-refractivity contribution in [2.45, 2.75) is 51.9 Å². The highest BCUT2D eigenvalue weighted by molar-refractivity contribution is 4.79. The summed E-state index contributed by atoms with van der Waals surface area (Å²) >= 11 is 0. The van der Waals surface area contributed by atoms with Crippen LogP contribution < -0.4 is 0 Å². The fourth-order valence-corrected chi connectivity index (χ4v) is 1.24. The minimum Gasteiger partial charge on any atom is -0.516 e. The van der Waals surface area contributed by atoms with Crippen molar-refractivity contribution >= 4 is 0 Å². The Morgan fingerprint density at radius 1 is 0.846 bits per heavy atom. The van der Waals surface area contributed by atoms with Crippen molar-refractivity contribution in [3.05, 3.63) is 24.5 Å². The SMILES string of the molecule is CCC=CCCCCCC/C=C\O. The van der Waals surface area contributed by atoms with Gasteiger partial charge in [0.25, 0.3) is 0 Å². The van der Waals surface area contributed by atoms with Gasteiger partial charge in [0.1, 0.15) is 0 Å². The van der Waals surface area contributed by atoms with Crippen molar-refractivity contribution in [1.82, 2.24) is 0 Å². The molecule has 0 heterocycles. The molecule has 0 rings (SSSR count). The molecule has 0 unspecified atom stereocenters. The number of allylic oxidation sites excluding steroid dienone is 3. The lowest BCUT2D eigenvalue weighted by molar-refractivity contribution is 0.469. The third-order valence-corrected chi connectivity index (χ3v) is 2.00. The van der Waals surface area contributed by atoms with Gasteiger partial charge in [-0.3, -0.25) is 0 Å². The molecule has 1 N–H and O–H groups in total. The molecule has 1 nitrogen and oxygen atoms in total. The zero-order valence-electron chi connectivity index (χ0n) is 8.71. The van der Waals surface area contributed by atoms with Crippen molar-refractivity contribution in [3.8, 4) is 0 Å². The summed E-state index contributed by atoms with van der Waals surface area (Å²) in [4.78, 5) is 0. The minimum atomic E-state index is 1.02. The van der Waals surface area contributed by atoms with E-state index in [0.717, 1.165) is 19.1 Å². The summed E-state index contributed by atoms with van der Waals surface area (Å²) in [5, 5.41) is 8.38. The van der Waals surface area contributed by atoms with E-state index in [1.165, 1.54) is 32.1 Å². The fourth-order valence-electron chi connectivity index (χ4n) is 1.24. The molecule has 0 aromatic heterocycles. The Kier molecular flexibility index (Phi) is 10.7. The van der Waals surface area contributed by atoms with Crippen LogP contribution in [0.15, 0.2) is 24.5 Å². The first kappa shape index (κ1) is 12.3. The molecule has 13 heavy (non-hydrogen) atoms. The highest BCUT2D eigenvalue weighted by Gasteiger charge is 1.86. The van der Waals surface area contributed by atoms with Gasteiger partial charge in [-0.2, -0.15) is 0 Å². The molecule has 0 aliphatic rings. The van der Waals surface area contributed by atoms with Gasteiger partial charge in [-0.05, 0) is 32.1 Å². The van der Waals surface area contributed by atoms with Crippen LogP contribution in [0.3, 0.4) is 0 Å². The summed E-state index contributed by atoms with van der Waals surface area (Å²) in [7, 11) is 0. The summed E-state index contributed by atoms with van der Waals surface area (Å²) in [6, 6.07) is 0. The summed E-state index contributed by atoms with van der Waals surface area (Å²) in [6.45, 7) is 2.16. The van der Waals surface area contributed by atoms with Gasteiger partial charge in [0, 0.05) is 0 Å². The van der Waals surface area contributed by atoms with Gasteiger partial charge < -0.3 is 5.11 Å². The van der Waals surface area contributed by atoms with E-state index in [4.69, 9.17) is 5.11 Å². The van der Waals surface area contributed by atoms with E-state index in [1.807, 2.05) is 6.08 Å². The number of aliphatic hydroxyl groups is 1. The maximum absolute atomic E-state index is 8.38. The largest absolute Gasteiger partial charge is 0.516 e. The molecule has 76 valence electrons. The van der Waals surface area contributed by atoms with Crippen molar-refractivity contribution < 1.29 is 5.11 Å². The van der Waals surface area contributed by atoms with Crippen LogP contribution in [-0.4, -0.2) is 5.11 Å². The normalized spacial score (nSPS) is 11.8. The Bertz CT molecular complexity index is 136. The average Bonchev–Trinajstić information content (AvgIpc) is 2.16. The molecule has 0 bridgehead atoms. The molecule has 0 amide bonds. The summed E-state index contributed by atoms with van der Waals surface area (Å²) < 4.78 is 0. The molecule has 0 saturated carbocycles. The van der Waals surface area contributed by atoms with E-state index in [1.54, 1.807) is 0 Å². The second-order valence-corrected chi connectivity index (χ2v) is 3.26. The lowest BCUT2D eigenvalue weighted by Gasteiger charge is -1.96. The lowest BCUT2D eigenvalue weighted by Crippen LogP contribution is -1.76. The molecule has 0 fully saturated rings. The van der Waals surface area contributed by atoms with E-state index in [-0.39, 0.29) is 0 Å². The topological polar surface area (TPSA) is 20.2 Å². The van der Waals surface area contributed by atoms with Crippen LogP contribution in [0, 0.1) is 0 Å². The number of hydrogen-bond donors (Lipinski definition) is 1. The first-order valence-corrected chi connectivity index (χ1v) is 5.36. The van der Waals surface area contributed by atoms with E-state index in [0.29, 0.717) is 0 Å². The molecule has 0 radical (unpaired) electrons. The number of rotatable bonds is 8. The van der Waals surface area contributed by atoms with E-state index < -0.39 is 0 Å². The Morgan fingerprint density at radius 2 is 1.46 bits per heavy atom. The zero-order chi connectivity index (χ0) is 9.78. The highest BCUT2D eigenvalue weighted by Crippen LogP contribution is 2.06. The van der Waals surface area contributed by atoms with Gasteiger partial charge in [-0.1, -0.05) is 38.0 Å².